The number of esters is 3. The summed E-state index contributed by atoms with van der Waals surface area (Å²) in [5, 5.41) is 8.30. The highest BCUT2D eigenvalue weighted by Crippen LogP contribution is 2.26. The van der Waals surface area contributed by atoms with E-state index in [4.69, 9.17) is 56.4 Å². The highest BCUT2D eigenvalue weighted by atomic mass is 35.5. The molecular formula is C58H111Cl2N5O15Si2. The fraction of sp³-hybridized carbons (Fsp3) is 0.862. The van der Waals surface area contributed by atoms with Gasteiger partial charge in [0, 0.05) is 55.3 Å². The molecule has 1 aliphatic heterocycles. The molecule has 0 aromatic heterocycles. The Labute approximate surface area is 505 Å². The molecule has 82 heavy (non-hydrogen) atoms. The van der Waals surface area contributed by atoms with Crippen LogP contribution in [-0.2, 0) is 61.9 Å². The number of halogens is 2. The Morgan fingerprint density at radius 1 is 0.646 bits per heavy atom. The number of Topliss-reactive ketones (excluding diaryl/α,β-unsaturated/α-hetero) is 1. The van der Waals surface area contributed by atoms with Gasteiger partial charge in [-0.3, -0.25) is 14.4 Å². The Kier molecular flexibility index (Phi) is 38.5. The van der Waals surface area contributed by atoms with Crippen molar-refractivity contribution >= 4 is 87.0 Å². The van der Waals surface area contributed by atoms with Gasteiger partial charge in [0.05, 0.1) is 11.4 Å². The Morgan fingerprint density at radius 3 is 1.48 bits per heavy atom. The average molecular weight is 1250 g/mol. The zero-order valence-corrected chi connectivity index (χ0v) is 58.0. The lowest BCUT2D eigenvalue weighted by Gasteiger charge is -2.34. The van der Waals surface area contributed by atoms with Gasteiger partial charge < -0.3 is 58.9 Å². The number of alkyl halides is 2. The standard InChI is InChI=1S/C34H63N3O9Si.C23H46N2O6Si.CH2Cl2/c1-22(2)19-24(5)29(38)37-16-14-15-26(37)30(39)36(10)27(20-23(3)4)31(40)45-25(6)28(35-33(42)46-34(7,8)9)32(41)44-21-43-17-18-47(11,12)13;1-16(2)13-18(24-7)19(26)14-17(3)20(25-22(28)31-23(4,5)6)21(27)30-15-29-11-12-32(8,9)10;2-1-3/h22-28H,14-21H2,1-13H3,(H,35,42);16-18,20,24H,11-15H2,1-10H3,(H,25,28);1H2/t24-,25+,26-,27-,28-;17-,18-,20-;/m00./s1. The minimum absolute atomic E-state index is 0.0103. The lowest BCUT2D eigenvalue weighted by Crippen LogP contribution is -2.55. The molecule has 20 nitrogen and oxygen atoms in total. The molecule has 0 radical (unpaired) electrons. The van der Waals surface area contributed by atoms with Gasteiger partial charge in [0.1, 0.15) is 41.2 Å². The van der Waals surface area contributed by atoms with Gasteiger partial charge in [-0.05, 0) is 123 Å². The number of carbonyl (C=O) groups excluding carboxylic acids is 8. The summed E-state index contributed by atoms with van der Waals surface area (Å²) >= 11 is 9.53. The minimum atomic E-state index is -1.40. The first-order valence-electron chi connectivity index (χ1n) is 29.1. The minimum Gasteiger partial charge on any atom is -0.458 e. The van der Waals surface area contributed by atoms with Gasteiger partial charge in [0.2, 0.25) is 11.8 Å². The molecule has 0 unspecified atom stereocenters. The molecule has 0 aliphatic carbocycles. The van der Waals surface area contributed by atoms with Crippen LogP contribution in [-0.4, -0.2) is 174 Å². The van der Waals surface area contributed by atoms with Crippen LogP contribution in [0.2, 0.25) is 51.4 Å². The fourth-order valence-corrected chi connectivity index (χ4v) is 9.85. The predicted octanol–water partition coefficient (Wildman–Crippen LogP) is 10.6. The third-order valence-corrected chi connectivity index (χ3v) is 16.0. The second-order valence-corrected chi connectivity index (χ2v) is 39.1. The van der Waals surface area contributed by atoms with Crippen molar-refractivity contribution in [3.05, 3.63) is 0 Å². The maximum Gasteiger partial charge on any atom is 0.408 e. The maximum atomic E-state index is 13.8. The number of nitrogens with zero attached hydrogens (tertiary/aromatic N) is 2. The second-order valence-electron chi connectivity index (χ2n) is 27.0. The number of carbonyl (C=O) groups is 8. The Morgan fingerprint density at radius 2 is 1.07 bits per heavy atom. The molecule has 1 saturated heterocycles. The van der Waals surface area contributed by atoms with Gasteiger partial charge >= 0.3 is 30.1 Å². The van der Waals surface area contributed by atoms with Crippen LogP contribution in [0.5, 0.6) is 0 Å². The van der Waals surface area contributed by atoms with E-state index >= 15 is 0 Å². The summed E-state index contributed by atoms with van der Waals surface area (Å²) in [6.45, 7) is 41.7. The molecule has 24 heteroatoms. The SMILES string of the molecule is CC(C)C[C@H](C)C(=O)N1CCC[C@H]1C(=O)N(C)[C@@H](CC(C)C)C(=O)O[C@H](C)[C@H](NC(=O)OC(C)(C)C)C(=O)OCOCC[Si](C)(C)C.CN[C@@H](CC(C)C)C(=O)C[C@H](C)[C@H](NC(=O)OC(C)(C)C)C(=O)OCOCC[Si](C)(C)C.ClCCl. The van der Waals surface area contributed by atoms with Crippen molar-refractivity contribution in [2.75, 3.05) is 52.8 Å². The summed E-state index contributed by atoms with van der Waals surface area (Å²) in [7, 11) is 0.695. The molecule has 3 N–H and O–H groups in total. The van der Waals surface area contributed by atoms with E-state index in [9.17, 15) is 38.4 Å². The number of hydrogen-bond acceptors (Lipinski definition) is 16. The highest BCUT2D eigenvalue weighted by Gasteiger charge is 2.42. The van der Waals surface area contributed by atoms with Crippen LogP contribution in [0, 0.1) is 29.6 Å². The molecule has 8 atom stereocenters. The third kappa shape index (κ3) is 37.0. The number of likely N-dealkylation sites (tertiary alicyclic amines) is 1. The number of rotatable bonds is 31. The number of alkyl carbamates (subject to hydrolysis) is 2. The lowest BCUT2D eigenvalue weighted by molar-refractivity contribution is -0.169. The first-order chi connectivity index (χ1) is 37.5. The molecule has 0 aromatic rings. The molecule has 0 bridgehead atoms. The van der Waals surface area contributed by atoms with Gasteiger partial charge in [0.15, 0.2) is 19.6 Å². The Balaban J connectivity index is 0. The Hall–Kier alpha value is -3.55. The van der Waals surface area contributed by atoms with Crippen LogP contribution >= 0.6 is 23.2 Å². The van der Waals surface area contributed by atoms with Gasteiger partial charge in [-0.25, -0.2) is 24.0 Å². The largest absolute Gasteiger partial charge is 0.458 e. The molecular weight excluding hydrogens is 1130 g/mol. The normalized spacial score (nSPS) is 16.4. The van der Waals surface area contributed by atoms with Crippen molar-refractivity contribution in [1.29, 1.82) is 0 Å². The van der Waals surface area contributed by atoms with Crippen LogP contribution in [0.25, 0.3) is 0 Å². The monoisotopic (exact) mass is 1240 g/mol. The van der Waals surface area contributed by atoms with E-state index < -0.39 is 93.6 Å². The second kappa shape index (κ2) is 39.2. The number of nitrogens with one attached hydrogen (secondary N) is 3. The van der Waals surface area contributed by atoms with Crippen LogP contribution in [0.15, 0.2) is 0 Å². The smallest absolute Gasteiger partial charge is 0.408 e. The molecule has 0 aromatic carbocycles. The highest BCUT2D eigenvalue weighted by molar-refractivity contribution is 6.76. The summed E-state index contributed by atoms with van der Waals surface area (Å²) in [5.41, 5.74) is -1.56. The fourth-order valence-electron chi connectivity index (χ4n) is 8.34. The van der Waals surface area contributed by atoms with Gasteiger partial charge in [-0.2, -0.15) is 0 Å². The van der Waals surface area contributed by atoms with Crippen molar-refractivity contribution in [3.8, 4) is 0 Å². The van der Waals surface area contributed by atoms with Crippen LogP contribution in [0.1, 0.15) is 142 Å². The van der Waals surface area contributed by atoms with E-state index in [1.807, 2.05) is 34.6 Å². The first-order valence-corrected chi connectivity index (χ1v) is 37.6. The number of ketones is 1. The van der Waals surface area contributed by atoms with Crippen molar-refractivity contribution in [3.63, 3.8) is 0 Å². The lowest BCUT2D eigenvalue weighted by atomic mass is 9.90. The predicted molar refractivity (Wildman–Crippen MR) is 329 cm³/mol. The van der Waals surface area contributed by atoms with Gasteiger partial charge in [-0.1, -0.05) is 94.7 Å². The van der Waals surface area contributed by atoms with Crippen LogP contribution in [0.3, 0.4) is 0 Å². The molecule has 1 aliphatic rings. The average Bonchev–Trinajstić information content (AvgIpc) is 3.80. The molecule has 1 heterocycles. The third-order valence-electron chi connectivity index (χ3n) is 12.6. The number of hydrogen-bond donors (Lipinski definition) is 3. The van der Waals surface area contributed by atoms with Crippen LogP contribution < -0.4 is 16.0 Å². The molecule has 1 rings (SSSR count). The van der Waals surface area contributed by atoms with Gasteiger partial charge in [0.25, 0.3) is 0 Å². The number of amides is 4. The van der Waals surface area contributed by atoms with Gasteiger partial charge in [-0.15, -0.1) is 23.2 Å². The first kappa shape index (κ1) is 80.5. The molecule has 1 fully saturated rings. The zero-order chi connectivity index (χ0) is 64.1. The van der Waals surface area contributed by atoms with E-state index in [1.54, 1.807) is 67.5 Å². The summed E-state index contributed by atoms with van der Waals surface area (Å²) in [6.07, 6.45) is 0.238. The van der Waals surface area contributed by atoms with E-state index in [0.717, 1.165) is 18.5 Å². The summed E-state index contributed by atoms with van der Waals surface area (Å²) < 4.78 is 37.9. The molecule has 480 valence electrons. The number of likely N-dealkylation sites (N-methyl/N-ethyl adjacent to an activating group) is 2. The zero-order valence-electron chi connectivity index (χ0n) is 54.5. The number of ether oxygens (including phenoxy) is 7. The summed E-state index contributed by atoms with van der Waals surface area (Å²) in [5.74, 6) is -2.63. The quantitative estimate of drug-likeness (QED) is 0.0146. The van der Waals surface area contributed by atoms with E-state index in [1.165, 1.54) is 11.8 Å². The summed E-state index contributed by atoms with van der Waals surface area (Å²) in [4.78, 5) is 108. The van der Waals surface area contributed by atoms with Crippen molar-refractivity contribution in [2.45, 2.75) is 241 Å². The van der Waals surface area contributed by atoms with E-state index in [2.05, 4.69) is 69.1 Å². The maximum absolute atomic E-state index is 13.8. The molecule has 0 spiro atoms. The molecule has 4 amide bonds. The summed E-state index contributed by atoms with van der Waals surface area (Å²) in [6, 6.07) is -2.55. The van der Waals surface area contributed by atoms with E-state index in [0.29, 0.717) is 50.9 Å². The molecule has 0 saturated carbocycles. The van der Waals surface area contributed by atoms with Crippen LogP contribution in [0.4, 0.5) is 9.59 Å². The van der Waals surface area contributed by atoms with Crippen molar-refractivity contribution in [2.24, 2.45) is 29.6 Å². The van der Waals surface area contributed by atoms with Crippen molar-refractivity contribution < 1.29 is 71.5 Å². The van der Waals surface area contributed by atoms with E-state index in [-0.39, 0.29) is 67.2 Å². The Bertz CT molecular complexity index is 1940. The van der Waals surface area contributed by atoms with Crippen molar-refractivity contribution in [1.82, 2.24) is 25.8 Å². The topological polar surface area (TPSA) is 244 Å².